The third kappa shape index (κ3) is 4.92. The zero-order valence-corrected chi connectivity index (χ0v) is 13.8. The lowest BCUT2D eigenvalue weighted by Gasteiger charge is -2.32. The van der Waals surface area contributed by atoms with Crippen molar-refractivity contribution in [2.24, 2.45) is 0 Å². The van der Waals surface area contributed by atoms with E-state index in [2.05, 4.69) is 25.7 Å². The molecular formula is C17H26ClNO. The third-order valence-corrected chi connectivity index (χ3v) is 3.90. The van der Waals surface area contributed by atoms with Crippen molar-refractivity contribution in [1.29, 1.82) is 0 Å². The van der Waals surface area contributed by atoms with Gasteiger partial charge in [-0.1, -0.05) is 43.5 Å². The van der Waals surface area contributed by atoms with Crippen molar-refractivity contribution in [2.75, 3.05) is 6.54 Å². The van der Waals surface area contributed by atoms with E-state index in [1.165, 1.54) is 12.8 Å². The molecule has 0 amide bonds. The Balaban J connectivity index is 2.78. The summed E-state index contributed by atoms with van der Waals surface area (Å²) in [4.78, 5) is 14.9. The molecule has 0 aliphatic carbocycles. The van der Waals surface area contributed by atoms with Gasteiger partial charge in [-0.15, -0.1) is 0 Å². The van der Waals surface area contributed by atoms with Crippen LogP contribution in [0.3, 0.4) is 0 Å². The number of hydrogen-bond donors (Lipinski definition) is 0. The number of ketones is 1. The zero-order chi connectivity index (χ0) is 15.1. The molecule has 1 aromatic rings. The average molecular weight is 296 g/mol. The van der Waals surface area contributed by atoms with Gasteiger partial charge in [0.2, 0.25) is 0 Å². The van der Waals surface area contributed by atoms with Gasteiger partial charge in [-0.05, 0) is 45.9 Å². The number of hydrogen-bond acceptors (Lipinski definition) is 2. The minimum Gasteiger partial charge on any atom is -0.292 e. The van der Waals surface area contributed by atoms with Gasteiger partial charge in [0.25, 0.3) is 0 Å². The van der Waals surface area contributed by atoms with E-state index in [9.17, 15) is 4.79 Å². The van der Waals surface area contributed by atoms with Crippen LogP contribution in [0, 0.1) is 0 Å². The molecule has 3 heteroatoms. The number of benzene rings is 1. The Morgan fingerprint density at radius 1 is 1.25 bits per heavy atom. The Morgan fingerprint density at radius 3 is 2.50 bits per heavy atom. The summed E-state index contributed by atoms with van der Waals surface area (Å²) in [5.41, 5.74) is 0.700. The van der Waals surface area contributed by atoms with Crippen molar-refractivity contribution >= 4 is 17.4 Å². The highest BCUT2D eigenvalue weighted by molar-refractivity contribution is 6.31. The first-order valence-electron chi connectivity index (χ1n) is 7.52. The molecule has 0 aromatic heterocycles. The maximum Gasteiger partial charge on any atom is 0.179 e. The van der Waals surface area contributed by atoms with Crippen molar-refractivity contribution in [3.8, 4) is 0 Å². The Kier molecular flexibility index (Phi) is 7.25. The van der Waals surface area contributed by atoms with Gasteiger partial charge in [-0.25, -0.2) is 0 Å². The van der Waals surface area contributed by atoms with Gasteiger partial charge in [0.1, 0.15) is 0 Å². The minimum atomic E-state index is -0.106. The van der Waals surface area contributed by atoms with Crippen molar-refractivity contribution in [3.63, 3.8) is 0 Å². The highest BCUT2D eigenvalue weighted by atomic mass is 35.5. The van der Waals surface area contributed by atoms with Gasteiger partial charge in [-0.2, -0.15) is 0 Å². The predicted molar refractivity (Wildman–Crippen MR) is 86.6 cm³/mol. The van der Waals surface area contributed by atoms with E-state index in [-0.39, 0.29) is 11.8 Å². The van der Waals surface area contributed by atoms with E-state index >= 15 is 0 Å². The highest BCUT2D eigenvalue weighted by Gasteiger charge is 2.24. The van der Waals surface area contributed by atoms with Crippen LogP contribution in [0.4, 0.5) is 0 Å². The lowest BCUT2D eigenvalue weighted by Crippen LogP contribution is -2.44. The molecule has 2 nitrogen and oxygen atoms in total. The number of halogens is 1. The fourth-order valence-electron chi connectivity index (χ4n) is 2.48. The molecular weight excluding hydrogens is 270 g/mol. The quantitative estimate of drug-likeness (QED) is 0.506. The molecule has 0 heterocycles. The summed E-state index contributed by atoms with van der Waals surface area (Å²) in [6, 6.07) is 7.49. The second-order valence-electron chi connectivity index (χ2n) is 5.59. The molecule has 0 saturated heterocycles. The highest BCUT2D eigenvalue weighted by Crippen LogP contribution is 2.16. The molecule has 112 valence electrons. The summed E-state index contributed by atoms with van der Waals surface area (Å²) in [5.74, 6) is 0.151. The Morgan fingerprint density at radius 2 is 1.95 bits per heavy atom. The fraction of sp³-hybridized carbons (Fsp3) is 0.588. The summed E-state index contributed by atoms with van der Waals surface area (Å²) < 4.78 is 0. The number of rotatable bonds is 8. The predicted octanol–water partition coefficient (Wildman–Crippen LogP) is 4.81. The minimum absolute atomic E-state index is 0.106. The summed E-state index contributed by atoms with van der Waals surface area (Å²) in [6.07, 6.45) is 3.55. The molecule has 1 atom stereocenters. The molecule has 20 heavy (non-hydrogen) atoms. The Bertz CT molecular complexity index is 431. The lowest BCUT2D eigenvalue weighted by molar-refractivity contribution is 0.0785. The molecule has 1 aromatic carbocycles. The molecule has 0 aliphatic heterocycles. The van der Waals surface area contributed by atoms with E-state index in [1.807, 2.05) is 19.1 Å². The van der Waals surface area contributed by atoms with Crippen LogP contribution in [0.2, 0.25) is 5.02 Å². The molecule has 0 fully saturated rings. The second kappa shape index (κ2) is 8.43. The van der Waals surface area contributed by atoms with Crippen LogP contribution in [0.25, 0.3) is 0 Å². The Labute approximate surface area is 128 Å². The maximum atomic E-state index is 12.6. The van der Waals surface area contributed by atoms with Crippen molar-refractivity contribution < 1.29 is 4.79 Å². The third-order valence-electron chi connectivity index (χ3n) is 3.67. The standard InChI is InChI=1S/C17H26ClNO/c1-5-6-7-11-19(13(2)3)14(4)17(20)15-9-8-10-16(18)12-15/h8-10,12-14H,5-7,11H2,1-4H3. The van der Waals surface area contributed by atoms with E-state index in [4.69, 9.17) is 11.6 Å². The van der Waals surface area contributed by atoms with Crippen LogP contribution < -0.4 is 0 Å². The SMILES string of the molecule is CCCCCN(C(C)C)C(C)C(=O)c1cccc(Cl)c1. The molecule has 0 N–H and O–H groups in total. The van der Waals surface area contributed by atoms with Gasteiger partial charge in [0, 0.05) is 16.6 Å². The smallest absolute Gasteiger partial charge is 0.179 e. The van der Waals surface area contributed by atoms with Crippen LogP contribution in [0.5, 0.6) is 0 Å². The van der Waals surface area contributed by atoms with Crippen molar-refractivity contribution in [3.05, 3.63) is 34.9 Å². The van der Waals surface area contributed by atoms with Crippen molar-refractivity contribution in [2.45, 2.75) is 59.0 Å². The molecule has 0 bridgehead atoms. The summed E-state index contributed by atoms with van der Waals surface area (Å²) >= 11 is 5.97. The summed E-state index contributed by atoms with van der Waals surface area (Å²) in [5, 5.41) is 0.616. The van der Waals surface area contributed by atoms with E-state index < -0.39 is 0 Å². The topological polar surface area (TPSA) is 20.3 Å². The number of nitrogens with zero attached hydrogens (tertiary/aromatic N) is 1. The summed E-state index contributed by atoms with van der Waals surface area (Å²) in [6.45, 7) is 9.45. The second-order valence-corrected chi connectivity index (χ2v) is 6.03. The number of carbonyl (C=O) groups is 1. The van der Waals surface area contributed by atoms with Gasteiger partial charge in [0.15, 0.2) is 5.78 Å². The maximum absolute atomic E-state index is 12.6. The largest absolute Gasteiger partial charge is 0.292 e. The van der Waals surface area contributed by atoms with Crippen molar-refractivity contribution in [1.82, 2.24) is 4.90 Å². The van der Waals surface area contributed by atoms with E-state index in [0.29, 0.717) is 16.6 Å². The molecule has 1 unspecified atom stereocenters. The fourth-order valence-corrected chi connectivity index (χ4v) is 2.67. The van der Waals surface area contributed by atoms with Crippen LogP contribution in [-0.4, -0.2) is 29.3 Å². The molecule has 0 saturated carbocycles. The normalized spacial score (nSPS) is 12.9. The first kappa shape index (κ1) is 17.2. The van der Waals surface area contributed by atoms with Crippen LogP contribution >= 0.6 is 11.6 Å². The first-order chi connectivity index (χ1) is 9.47. The number of carbonyl (C=O) groups excluding carboxylic acids is 1. The average Bonchev–Trinajstić information content (AvgIpc) is 2.41. The first-order valence-corrected chi connectivity index (χ1v) is 7.90. The molecule has 1 rings (SSSR count). The zero-order valence-electron chi connectivity index (χ0n) is 13.0. The Hall–Kier alpha value is -0.860. The molecule has 0 aliphatic rings. The number of unbranched alkanes of at least 4 members (excludes halogenated alkanes) is 2. The van der Waals surface area contributed by atoms with Gasteiger partial charge in [-0.3, -0.25) is 9.69 Å². The van der Waals surface area contributed by atoms with Crippen LogP contribution in [0.1, 0.15) is 57.3 Å². The van der Waals surface area contributed by atoms with E-state index in [0.717, 1.165) is 13.0 Å². The van der Waals surface area contributed by atoms with E-state index in [1.54, 1.807) is 12.1 Å². The molecule has 0 spiro atoms. The number of Topliss-reactive ketones (excluding diaryl/α,β-unsaturated/α-hetero) is 1. The van der Waals surface area contributed by atoms with Crippen LogP contribution in [0.15, 0.2) is 24.3 Å². The molecule has 0 radical (unpaired) electrons. The van der Waals surface area contributed by atoms with Crippen LogP contribution in [-0.2, 0) is 0 Å². The van der Waals surface area contributed by atoms with Gasteiger partial charge in [0.05, 0.1) is 6.04 Å². The van der Waals surface area contributed by atoms with Gasteiger partial charge < -0.3 is 0 Å². The lowest BCUT2D eigenvalue weighted by atomic mass is 10.0. The monoisotopic (exact) mass is 295 g/mol. The summed E-state index contributed by atoms with van der Waals surface area (Å²) in [7, 11) is 0. The van der Waals surface area contributed by atoms with Gasteiger partial charge >= 0.3 is 0 Å².